The topological polar surface area (TPSA) is 122 Å². The van der Waals surface area contributed by atoms with Crippen LogP contribution >= 0.6 is 0 Å². The first-order valence-electron chi connectivity index (χ1n) is 14.5. The van der Waals surface area contributed by atoms with Crippen LogP contribution in [-0.4, -0.2) is 62.9 Å². The standard InChI is InChI=1S/C31H36N6O4S/c1-4-37-27-13-12-25(21(3)30(27)33-34-37)26(17-29(38)39)22-11-10-20(2)23(16-22)18-35-19-24-8-5-6-15-36(24)31-28(42(35,40)41)9-7-14-32-31/h7,9-14,16,24,26H,4-6,8,15,17-19H2,1-3H3,(H,38,39)/t24-,26?/m0/s1. The summed E-state index contributed by atoms with van der Waals surface area (Å²) in [6.45, 7) is 7.99. The van der Waals surface area contributed by atoms with Gasteiger partial charge in [0.1, 0.15) is 16.2 Å². The van der Waals surface area contributed by atoms with E-state index in [-0.39, 0.29) is 23.9 Å². The Balaban J connectivity index is 1.40. The molecule has 11 heteroatoms. The summed E-state index contributed by atoms with van der Waals surface area (Å²) in [5.41, 5.74) is 6.10. The maximum Gasteiger partial charge on any atom is 0.304 e. The number of carbonyl (C=O) groups is 1. The zero-order chi connectivity index (χ0) is 29.6. The molecule has 2 aromatic heterocycles. The van der Waals surface area contributed by atoms with E-state index in [9.17, 15) is 18.3 Å². The highest BCUT2D eigenvalue weighted by molar-refractivity contribution is 7.89. The third kappa shape index (κ3) is 4.94. The summed E-state index contributed by atoms with van der Waals surface area (Å²) in [5.74, 6) is -0.796. The number of aryl methyl sites for hydroxylation is 3. The Morgan fingerprint density at radius 1 is 1.14 bits per heavy atom. The highest BCUT2D eigenvalue weighted by atomic mass is 32.2. The van der Waals surface area contributed by atoms with Gasteiger partial charge >= 0.3 is 5.97 Å². The fourth-order valence-electron chi connectivity index (χ4n) is 6.53. The van der Waals surface area contributed by atoms with Crippen LogP contribution in [0.25, 0.3) is 11.0 Å². The molecule has 6 rings (SSSR count). The zero-order valence-corrected chi connectivity index (χ0v) is 25.0. The first kappa shape index (κ1) is 28.3. The van der Waals surface area contributed by atoms with Gasteiger partial charge in [0.05, 0.1) is 11.9 Å². The van der Waals surface area contributed by atoms with E-state index in [4.69, 9.17) is 0 Å². The molecule has 2 aromatic carbocycles. The second kappa shape index (κ2) is 11.1. The minimum absolute atomic E-state index is 0.0545. The fourth-order valence-corrected chi connectivity index (χ4v) is 8.14. The van der Waals surface area contributed by atoms with Crippen LogP contribution in [0, 0.1) is 13.8 Å². The van der Waals surface area contributed by atoms with Crippen molar-refractivity contribution in [2.24, 2.45) is 0 Å². The maximum atomic E-state index is 14.0. The van der Waals surface area contributed by atoms with Gasteiger partial charge in [0.15, 0.2) is 0 Å². The van der Waals surface area contributed by atoms with Gasteiger partial charge in [-0.1, -0.05) is 29.5 Å². The Bertz CT molecular complexity index is 1770. The van der Waals surface area contributed by atoms with Crippen LogP contribution in [0.5, 0.6) is 0 Å². The van der Waals surface area contributed by atoms with E-state index < -0.39 is 21.9 Å². The molecule has 1 N–H and O–H groups in total. The number of anilines is 1. The van der Waals surface area contributed by atoms with Crippen molar-refractivity contribution in [3.05, 3.63) is 76.5 Å². The smallest absolute Gasteiger partial charge is 0.304 e. The average molecular weight is 589 g/mol. The molecule has 0 aliphatic carbocycles. The van der Waals surface area contributed by atoms with Crippen molar-refractivity contribution < 1.29 is 18.3 Å². The van der Waals surface area contributed by atoms with Gasteiger partial charge in [0.2, 0.25) is 10.0 Å². The van der Waals surface area contributed by atoms with Crippen LogP contribution in [0.2, 0.25) is 0 Å². The van der Waals surface area contributed by atoms with Crippen molar-refractivity contribution >= 4 is 32.8 Å². The summed E-state index contributed by atoms with van der Waals surface area (Å²) in [6.07, 6.45) is 4.53. The molecule has 2 aliphatic heterocycles. The zero-order valence-electron chi connectivity index (χ0n) is 24.2. The van der Waals surface area contributed by atoms with Gasteiger partial charge < -0.3 is 10.0 Å². The lowest BCUT2D eigenvalue weighted by atomic mass is 9.84. The molecule has 0 bridgehead atoms. The number of hydrogen-bond donors (Lipinski definition) is 1. The predicted octanol–water partition coefficient (Wildman–Crippen LogP) is 4.63. The van der Waals surface area contributed by atoms with E-state index in [0.29, 0.717) is 18.9 Å². The van der Waals surface area contributed by atoms with Crippen molar-refractivity contribution in [3.8, 4) is 0 Å². The lowest BCUT2D eigenvalue weighted by molar-refractivity contribution is -0.137. The molecule has 42 heavy (non-hydrogen) atoms. The molecule has 220 valence electrons. The predicted molar refractivity (Wildman–Crippen MR) is 160 cm³/mol. The Kier molecular flexibility index (Phi) is 7.48. The number of pyridine rings is 1. The number of aromatic nitrogens is 4. The normalized spacial score (nSPS) is 19.2. The molecule has 10 nitrogen and oxygen atoms in total. The maximum absolute atomic E-state index is 14.0. The molecule has 1 fully saturated rings. The third-order valence-electron chi connectivity index (χ3n) is 8.84. The van der Waals surface area contributed by atoms with Crippen molar-refractivity contribution in [3.63, 3.8) is 0 Å². The number of nitrogens with zero attached hydrogens (tertiary/aromatic N) is 6. The number of sulfonamides is 1. The molecular weight excluding hydrogens is 552 g/mol. The van der Waals surface area contributed by atoms with Crippen LogP contribution in [0.4, 0.5) is 5.82 Å². The Labute approximate surface area is 246 Å². The van der Waals surface area contributed by atoms with Crippen molar-refractivity contribution in [1.29, 1.82) is 0 Å². The molecule has 0 saturated carbocycles. The molecule has 4 heterocycles. The minimum Gasteiger partial charge on any atom is -0.481 e. The Morgan fingerprint density at radius 2 is 1.98 bits per heavy atom. The molecule has 2 aliphatic rings. The molecule has 0 amide bonds. The van der Waals surface area contributed by atoms with Gasteiger partial charge in [-0.15, -0.1) is 5.10 Å². The van der Waals surface area contributed by atoms with Crippen LogP contribution in [-0.2, 0) is 27.9 Å². The summed E-state index contributed by atoms with van der Waals surface area (Å²) in [6, 6.07) is 13.2. The van der Waals surface area contributed by atoms with E-state index >= 15 is 0 Å². The first-order valence-corrected chi connectivity index (χ1v) is 16.0. The molecular formula is C31H36N6O4S. The first-order chi connectivity index (χ1) is 20.2. The number of benzene rings is 2. The molecule has 4 aromatic rings. The van der Waals surface area contributed by atoms with Gasteiger partial charge in [0, 0.05) is 44.3 Å². The number of rotatable bonds is 7. The lowest BCUT2D eigenvalue weighted by Gasteiger charge is -2.36. The summed E-state index contributed by atoms with van der Waals surface area (Å²) in [4.78, 5) is 19.0. The van der Waals surface area contributed by atoms with E-state index in [1.807, 2.05) is 55.8 Å². The summed E-state index contributed by atoms with van der Waals surface area (Å²) >= 11 is 0. The SMILES string of the molecule is CCn1nnc2c(C)c(C(CC(=O)O)c3ccc(C)c(CN4C[C@@H]5CCCCN5c5ncccc5S4(=O)=O)c3)ccc21. The van der Waals surface area contributed by atoms with Crippen molar-refractivity contribution in [2.75, 3.05) is 18.0 Å². The summed E-state index contributed by atoms with van der Waals surface area (Å²) in [5, 5.41) is 18.5. The molecule has 0 spiro atoms. The average Bonchev–Trinajstić information content (AvgIpc) is 3.38. The van der Waals surface area contributed by atoms with Crippen LogP contribution in [0.3, 0.4) is 0 Å². The quantitative estimate of drug-likeness (QED) is 0.332. The van der Waals surface area contributed by atoms with Crippen LogP contribution in [0.1, 0.15) is 66.3 Å². The molecule has 1 unspecified atom stereocenters. The van der Waals surface area contributed by atoms with Crippen molar-refractivity contribution in [2.45, 2.75) is 76.4 Å². The van der Waals surface area contributed by atoms with Crippen molar-refractivity contribution in [1.82, 2.24) is 24.3 Å². The number of carboxylic acid groups (broad SMARTS) is 1. The molecule has 0 radical (unpaired) electrons. The number of carboxylic acids is 1. The van der Waals surface area contributed by atoms with E-state index in [2.05, 4.69) is 20.2 Å². The van der Waals surface area contributed by atoms with E-state index in [1.165, 1.54) is 0 Å². The number of fused-ring (bicyclic) bond motifs is 4. The second-order valence-electron chi connectivity index (χ2n) is 11.4. The van der Waals surface area contributed by atoms with E-state index in [1.54, 1.807) is 22.6 Å². The lowest BCUT2D eigenvalue weighted by Crippen LogP contribution is -2.45. The minimum atomic E-state index is -3.81. The molecule has 2 atom stereocenters. The van der Waals surface area contributed by atoms with Gasteiger partial charge in [-0.05, 0) is 86.1 Å². The van der Waals surface area contributed by atoms with Crippen LogP contribution in [0.15, 0.2) is 53.6 Å². The fraction of sp³-hybridized carbons (Fsp3) is 0.419. The van der Waals surface area contributed by atoms with Gasteiger partial charge in [0.25, 0.3) is 0 Å². The summed E-state index contributed by atoms with van der Waals surface area (Å²) in [7, 11) is -3.81. The monoisotopic (exact) mass is 588 g/mol. The Hall–Kier alpha value is -3.83. The number of piperidine rings is 1. The third-order valence-corrected chi connectivity index (χ3v) is 10.7. The summed E-state index contributed by atoms with van der Waals surface area (Å²) < 4.78 is 31.5. The second-order valence-corrected chi connectivity index (χ2v) is 13.3. The van der Waals surface area contributed by atoms with Gasteiger partial charge in [-0.3, -0.25) is 4.79 Å². The van der Waals surface area contributed by atoms with E-state index in [0.717, 1.165) is 64.7 Å². The molecule has 1 saturated heterocycles. The highest BCUT2D eigenvalue weighted by Gasteiger charge is 2.39. The number of aliphatic carboxylic acids is 1. The number of hydrogen-bond acceptors (Lipinski definition) is 7. The Morgan fingerprint density at radius 3 is 2.76 bits per heavy atom. The van der Waals surface area contributed by atoms with Crippen LogP contribution < -0.4 is 4.90 Å². The van der Waals surface area contributed by atoms with Gasteiger partial charge in [-0.25, -0.2) is 18.1 Å². The highest BCUT2D eigenvalue weighted by Crippen LogP contribution is 2.37. The van der Waals surface area contributed by atoms with Gasteiger partial charge in [-0.2, -0.15) is 4.31 Å². The largest absolute Gasteiger partial charge is 0.481 e.